The molecule has 0 radical (unpaired) electrons. The molecule has 22 heavy (non-hydrogen) atoms. The predicted molar refractivity (Wildman–Crippen MR) is 84.4 cm³/mol. The van der Waals surface area contributed by atoms with E-state index in [2.05, 4.69) is 4.98 Å². The maximum absolute atomic E-state index is 12.5. The molecule has 1 aromatic heterocycles. The monoisotopic (exact) mass is 314 g/mol. The van der Waals surface area contributed by atoms with Crippen LogP contribution in [0.1, 0.15) is 15.9 Å². The minimum atomic E-state index is -0.966. The molecule has 1 atom stereocenters. The lowest BCUT2D eigenvalue weighted by molar-refractivity contribution is -0.117. The fourth-order valence-electron chi connectivity index (χ4n) is 2.42. The first-order valence-electron chi connectivity index (χ1n) is 6.77. The van der Waals surface area contributed by atoms with Gasteiger partial charge in [0.1, 0.15) is 0 Å². The van der Waals surface area contributed by atoms with Crippen LogP contribution in [0.15, 0.2) is 47.6 Å². The summed E-state index contributed by atoms with van der Waals surface area (Å²) in [5.41, 5.74) is 1.97. The van der Waals surface area contributed by atoms with Crippen LogP contribution in [0.2, 0.25) is 0 Å². The standard InChI is InChI=1S/C16H14N2O3S/c1-18-12-5-4-11(16(20)21)8-13(12)22-14(15(18)19)7-10-3-2-6-17-9-10/h2-6,8-9,14H,7H2,1H3,(H,20,21). The molecule has 112 valence electrons. The van der Waals surface area contributed by atoms with Crippen molar-refractivity contribution in [2.75, 3.05) is 11.9 Å². The van der Waals surface area contributed by atoms with Crippen molar-refractivity contribution in [2.24, 2.45) is 0 Å². The molecule has 0 saturated carbocycles. The second-order valence-electron chi connectivity index (χ2n) is 5.06. The Kier molecular flexibility index (Phi) is 3.85. The lowest BCUT2D eigenvalue weighted by atomic mass is 10.1. The molecular weight excluding hydrogens is 300 g/mol. The van der Waals surface area contributed by atoms with E-state index in [1.807, 2.05) is 12.1 Å². The number of rotatable bonds is 3. The highest BCUT2D eigenvalue weighted by atomic mass is 32.2. The van der Waals surface area contributed by atoms with Crippen molar-refractivity contribution in [3.63, 3.8) is 0 Å². The van der Waals surface area contributed by atoms with Crippen molar-refractivity contribution in [2.45, 2.75) is 16.6 Å². The molecule has 2 aromatic rings. The summed E-state index contributed by atoms with van der Waals surface area (Å²) in [5, 5.41) is 8.83. The first-order valence-corrected chi connectivity index (χ1v) is 7.64. The van der Waals surface area contributed by atoms with E-state index in [1.54, 1.807) is 36.5 Å². The van der Waals surface area contributed by atoms with Gasteiger partial charge in [-0.05, 0) is 36.2 Å². The summed E-state index contributed by atoms with van der Waals surface area (Å²) < 4.78 is 0. The Morgan fingerprint density at radius 1 is 1.41 bits per heavy atom. The van der Waals surface area contributed by atoms with Crippen molar-refractivity contribution in [1.82, 2.24) is 4.98 Å². The second kappa shape index (κ2) is 5.81. The van der Waals surface area contributed by atoms with Gasteiger partial charge in [-0.2, -0.15) is 0 Å². The lowest BCUT2D eigenvalue weighted by Gasteiger charge is -2.31. The Morgan fingerprint density at radius 3 is 2.91 bits per heavy atom. The number of hydrogen-bond donors (Lipinski definition) is 1. The van der Waals surface area contributed by atoms with Gasteiger partial charge in [0.25, 0.3) is 0 Å². The van der Waals surface area contributed by atoms with Crippen LogP contribution in [0.3, 0.4) is 0 Å². The topological polar surface area (TPSA) is 70.5 Å². The molecule has 1 unspecified atom stereocenters. The van der Waals surface area contributed by atoms with Gasteiger partial charge in [-0.25, -0.2) is 4.79 Å². The maximum atomic E-state index is 12.5. The number of benzene rings is 1. The molecule has 0 aliphatic carbocycles. The van der Waals surface area contributed by atoms with Crippen LogP contribution in [0.25, 0.3) is 0 Å². The van der Waals surface area contributed by atoms with E-state index in [-0.39, 0.29) is 16.7 Å². The molecule has 0 bridgehead atoms. The van der Waals surface area contributed by atoms with E-state index >= 15 is 0 Å². The number of thioether (sulfide) groups is 1. The zero-order valence-corrected chi connectivity index (χ0v) is 12.7. The Morgan fingerprint density at radius 2 is 2.23 bits per heavy atom. The zero-order valence-electron chi connectivity index (χ0n) is 11.9. The van der Waals surface area contributed by atoms with Crippen LogP contribution in [0.4, 0.5) is 5.69 Å². The fraction of sp³-hybridized carbons (Fsp3) is 0.188. The average Bonchev–Trinajstić information content (AvgIpc) is 2.53. The van der Waals surface area contributed by atoms with Gasteiger partial charge in [0, 0.05) is 24.3 Å². The third-order valence-corrected chi connectivity index (χ3v) is 4.82. The van der Waals surface area contributed by atoms with Gasteiger partial charge < -0.3 is 10.0 Å². The Hall–Kier alpha value is -2.34. The molecule has 3 rings (SSSR count). The first kappa shape index (κ1) is 14.6. The number of carbonyl (C=O) groups excluding carboxylic acids is 1. The van der Waals surface area contributed by atoms with Crippen LogP contribution in [-0.4, -0.2) is 34.3 Å². The smallest absolute Gasteiger partial charge is 0.335 e. The molecule has 0 spiro atoms. The molecule has 1 aromatic carbocycles. The number of aromatic nitrogens is 1. The highest BCUT2D eigenvalue weighted by molar-refractivity contribution is 8.01. The van der Waals surface area contributed by atoms with Crippen LogP contribution in [0, 0.1) is 0 Å². The normalized spacial score (nSPS) is 17.2. The molecule has 1 N–H and O–H groups in total. The summed E-state index contributed by atoms with van der Waals surface area (Å²) >= 11 is 1.41. The third-order valence-electron chi connectivity index (χ3n) is 3.59. The van der Waals surface area contributed by atoms with Gasteiger partial charge in [-0.3, -0.25) is 9.78 Å². The number of nitrogens with zero attached hydrogens (tertiary/aromatic N) is 2. The van der Waals surface area contributed by atoms with Crippen LogP contribution < -0.4 is 4.90 Å². The Bertz CT molecular complexity index is 733. The van der Waals surface area contributed by atoms with Crippen molar-refractivity contribution in [3.05, 3.63) is 53.9 Å². The van der Waals surface area contributed by atoms with Crippen molar-refractivity contribution >= 4 is 29.3 Å². The number of carbonyl (C=O) groups is 2. The average molecular weight is 314 g/mol. The molecule has 2 heterocycles. The van der Waals surface area contributed by atoms with E-state index in [0.717, 1.165) is 16.1 Å². The van der Waals surface area contributed by atoms with Gasteiger partial charge in [0.2, 0.25) is 5.91 Å². The van der Waals surface area contributed by atoms with Gasteiger partial charge in [0.05, 0.1) is 16.5 Å². The number of aromatic carboxylic acids is 1. The summed E-state index contributed by atoms with van der Waals surface area (Å²) in [7, 11) is 1.72. The number of carboxylic acids is 1. The maximum Gasteiger partial charge on any atom is 0.335 e. The number of fused-ring (bicyclic) bond motifs is 1. The van der Waals surface area contributed by atoms with Crippen molar-refractivity contribution in [3.8, 4) is 0 Å². The van der Waals surface area contributed by atoms with Crippen LogP contribution in [0.5, 0.6) is 0 Å². The van der Waals surface area contributed by atoms with Crippen molar-refractivity contribution in [1.29, 1.82) is 0 Å². The van der Waals surface area contributed by atoms with Crippen molar-refractivity contribution < 1.29 is 14.7 Å². The molecule has 0 fully saturated rings. The van der Waals surface area contributed by atoms with E-state index in [4.69, 9.17) is 5.11 Å². The van der Waals surface area contributed by atoms with Crippen LogP contribution in [-0.2, 0) is 11.2 Å². The summed E-state index contributed by atoms with van der Waals surface area (Å²) in [5.74, 6) is -0.948. The summed E-state index contributed by atoms with van der Waals surface area (Å²) in [4.78, 5) is 30.1. The van der Waals surface area contributed by atoms with E-state index in [9.17, 15) is 9.59 Å². The molecule has 1 amide bonds. The molecule has 1 aliphatic rings. The number of anilines is 1. The van der Waals surface area contributed by atoms with Gasteiger partial charge in [-0.1, -0.05) is 6.07 Å². The van der Waals surface area contributed by atoms with Gasteiger partial charge in [0.15, 0.2) is 0 Å². The first-order chi connectivity index (χ1) is 10.6. The largest absolute Gasteiger partial charge is 0.478 e. The second-order valence-corrected chi connectivity index (χ2v) is 6.30. The summed E-state index contributed by atoms with van der Waals surface area (Å²) in [6.45, 7) is 0. The molecule has 1 aliphatic heterocycles. The lowest BCUT2D eigenvalue weighted by Crippen LogP contribution is -2.39. The Labute approximate surface area is 132 Å². The van der Waals surface area contributed by atoms with Gasteiger partial charge in [-0.15, -0.1) is 11.8 Å². The van der Waals surface area contributed by atoms with E-state index < -0.39 is 5.97 Å². The van der Waals surface area contributed by atoms with E-state index in [0.29, 0.717) is 6.42 Å². The SMILES string of the molecule is CN1C(=O)C(Cc2cccnc2)Sc2cc(C(=O)O)ccc21. The summed E-state index contributed by atoms with van der Waals surface area (Å²) in [6, 6.07) is 8.61. The number of pyridine rings is 1. The molecular formula is C16H14N2O3S. The minimum Gasteiger partial charge on any atom is -0.478 e. The fourth-order valence-corrected chi connectivity index (χ4v) is 3.78. The molecule has 0 saturated heterocycles. The molecule has 6 heteroatoms. The van der Waals surface area contributed by atoms with E-state index in [1.165, 1.54) is 17.8 Å². The quantitative estimate of drug-likeness (QED) is 0.942. The van der Waals surface area contributed by atoms with Crippen LogP contribution >= 0.6 is 11.8 Å². The minimum absolute atomic E-state index is 0.0180. The Balaban J connectivity index is 1.91. The third kappa shape index (κ3) is 2.69. The number of hydrogen-bond acceptors (Lipinski definition) is 4. The highest BCUT2D eigenvalue weighted by Gasteiger charge is 2.32. The number of amides is 1. The van der Waals surface area contributed by atoms with Gasteiger partial charge >= 0.3 is 5.97 Å². The zero-order chi connectivity index (χ0) is 15.7. The molecule has 5 nitrogen and oxygen atoms in total. The number of carboxylic acid groups (broad SMARTS) is 1. The summed E-state index contributed by atoms with van der Waals surface area (Å²) in [6.07, 6.45) is 4.01. The highest BCUT2D eigenvalue weighted by Crippen LogP contribution is 2.40. The predicted octanol–water partition coefficient (Wildman–Crippen LogP) is 2.46.